The average molecular weight is 409 g/mol. The molecule has 1 saturated heterocycles. The van der Waals surface area contributed by atoms with Crippen molar-refractivity contribution in [2.45, 2.75) is 32.2 Å². The number of anilines is 1. The van der Waals surface area contributed by atoms with E-state index >= 15 is 0 Å². The molecule has 0 N–H and O–H groups in total. The maximum atomic E-state index is 12.8. The van der Waals surface area contributed by atoms with E-state index in [0.717, 1.165) is 43.7 Å². The fourth-order valence-electron chi connectivity index (χ4n) is 4.13. The van der Waals surface area contributed by atoms with Crippen LogP contribution in [0.3, 0.4) is 0 Å². The fourth-order valence-corrected chi connectivity index (χ4v) is 4.37. The van der Waals surface area contributed by atoms with Crippen molar-refractivity contribution in [3.05, 3.63) is 65.6 Å². The number of benzene rings is 1. The number of nitrogens with zero attached hydrogens (tertiary/aromatic N) is 4. The topological polar surface area (TPSA) is 49.3 Å². The number of halogens is 1. The summed E-state index contributed by atoms with van der Waals surface area (Å²) in [5.41, 5.74) is 3.26. The SMILES string of the molecule is C[C@@H]1CN(c2ccncc2Cl)CCN1C(=O)CCCc1cccc2ncccc12. The molecular weight excluding hydrogens is 384 g/mol. The van der Waals surface area contributed by atoms with E-state index in [2.05, 4.69) is 33.9 Å². The number of amides is 1. The molecule has 150 valence electrons. The van der Waals surface area contributed by atoms with Crippen LogP contribution in [0.1, 0.15) is 25.3 Å². The summed E-state index contributed by atoms with van der Waals surface area (Å²) in [6.45, 7) is 4.39. The predicted molar refractivity (Wildman–Crippen MR) is 117 cm³/mol. The van der Waals surface area contributed by atoms with Crippen LogP contribution in [0.15, 0.2) is 55.0 Å². The molecule has 1 amide bonds. The molecule has 1 fully saturated rings. The van der Waals surface area contributed by atoms with Gasteiger partial charge in [-0.25, -0.2) is 0 Å². The van der Waals surface area contributed by atoms with Crippen LogP contribution in [0, 0.1) is 0 Å². The number of aromatic nitrogens is 2. The highest BCUT2D eigenvalue weighted by Gasteiger charge is 2.27. The lowest BCUT2D eigenvalue weighted by Crippen LogP contribution is -2.54. The molecule has 4 rings (SSSR count). The van der Waals surface area contributed by atoms with Gasteiger partial charge >= 0.3 is 0 Å². The van der Waals surface area contributed by atoms with Gasteiger partial charge in [-0.15, -0.1) is 0 Å². The highest BCUT2D eigenvalue weighted by molar-refractivity contribution is 6.33. The van der Waals surface area contributed by atoms with E-state index in [9.17, 15) is 4.79 Å². The molecular formula is C23H25ClN4O. The molecule has 0 bridgehead atoms. The van der Waals surface area contributed by atoms with Crippen molar-refractivity contribution in [3.8, 4) is 0 Å². The second-order valence-electron chi connectivity index (χ2n) is 7.55. The average Bonchev–Trinajstić information content (AvgIpc) is 2.74. The molecule has 1 atom stereocenters. The molecule has 2 aromatic heterocycles. The molecule has 0 aliphatic carbocycles. The zero-order valence-corrected chi connectivity index (χ0v) is 17.3. The molecule has 6 heteroatoms. The Labute approximate surface area is 176 Å². The van der Waals surface area contributed by atoms with Crippen molar-refractivity contribution in [2.75, 3.05) is 24.5 Å². The van der Waals surface area contributed by atoms with Gasteiger partial charge in [0.15, 0.2) is 0 Å². The number of carbonyl (C=O) groups excluding carboxylic acids is 1. The summed E-state index contributed by atoms with van der Waals surface area (Å²) in [4.78, 5) is 25.5. The number of hydrogen-bond acceptors (Lipinski definition) is 4. The van der Waals surface area contributed by atoms with E-state index in [1.54, 1.807) is 12.4 Å². The minimum Gasteiger partial charge on any atom is -0.366 e. The first kappa shape index (κ1) is 19.6. The quantitative estimate of drug-likeness (QED) is 0.630. The molecule has 3 aromatic rings. The first-order chi connectivity index (χ1) is 14.1. The summed E-state index contributed by atoms with van der Waals surface area (Å²) in [5, 5.41) is 1.84. The number of carbonyl (C=O) groups is 1. The largest absolute Gasteiger partial charge is 0.366 e. The minimum atomic E-state index is 0.155. The lowest BCUT2D eigenvalue weighted by atomic mass is 10.0. The Morgan fingerprint density at radius 2 is 2.07 bits per heavy atom. The second kappa shape index (κ2) is 8.78. The molecule has 0 saturated carbocycles. The number of fused-ring (bicyclic) bond motifs is 1. The van der Waals surface area contributed by atoms with E-state index in [0.29, 0.717) is 11.4 Å². The van der Waals surface area contributed by atoms with Gasteiger partial charge in [-0.1, -0.05) is 29.8 Å². The Hall–Kier alpha value is -2.66. The van der Waals surface area contributed by atoms with Crippen LogP contribution < -0.4 is 4.90 Å². The van der Waals surface area contributed by atoms with Crippen LogP contribution in [0.25, 0.3) is 10.9 Å². The van der Waals surface area contributed by atoms with Crippen molar-refractivity contribution in [1.82, 2.24) is 14.9 Å². The summed E-state index contributed by atoms with van der Waals surface area (Å²) in [6.07, 6.45) is 7.53. The standard InChI is InChI=1S/C23H25ClN4O/c1-17-16-27(22-10-12-25-15-20(22)24)13-14-28(17)23(29)9-3-6-18-5-2-8-21-19(18)7-4-11-26-21/h2,4-5,7-8,10-12,15,17H,3,6,9,13-14,16H2,1H3/t17-/m1/s1. The number of hydrogen-bond donors (Lipinski definition) is 0. The predicted octanol–water partition coefficient (Wildman–Crippen LogP) is 4.34. The van der Waals surface area contributed by atoms with Gasteiger partial charge in [0, 0.05) is 56.1 Å². The Morgan fingerprint density at radius 1 is 1.17 bits per heavy atom. The van der Waals surface area contributed by atoms with E-state index < -0.39 is 0 Å². The maximum Gasteiger partial charge on any atom is 0.222 e. The van der Waals surface area contributed by atoms with Crippen LogP contribution in [0.2, 0.25) is 5.02 Å². The normalized spacial score (nSPS) is 17.0. The lowest BCUT2D eigenvalue weighted by Gasteiger charge is -2.41. The van der Waals surface area contributed by atoms with Gasteiger partial charge in [-0.3, -0.25) is 14.8 Å². The van der Waals surface area contributed by atoms with Gasteiger partial charge in [0.25, 0.3) is 0 Å². The fraction of sp³-hybridized carbons (Fsp3) is 0.348. The summed E-state index contributed by atoms with van der Waals surface area (Å²) in [7, 11) is 0. The smallest absolute Gasteiger partial charge is 0.222 e. The van der Waals surface area contributed by atoms with Crippen molar-refractivity contribution >= 4 is 34.1 Å². The molecule has 5 nitrogen and oxygen atoms in total. The zero-order chi connectivity index (χ0) is 20.2. The molecule has 1 aliphatic rings. The number of piperazine rings is 1. The van der Waals surface area contributed by atoms with E-state index in [4.69, 9.17) is 11.6 Å². The first-order valence-corrected chi connectivity index (χ1v) is 10.5. The van der Waals surface area contributed by atoms with E-state index in [1.807, 2.05) is 35.4 Å². The third-order valence-corrected chi connectivity index (χ3v) is 5.90. The number of aryl methyl sites for hydroxylation is 1. The Bertz CT molecular complexity index is 1000. The monoisotopic (exact) mass is 408 g/mol. The van der Waals surface area contributed by atoms with Crippen LogP contribution in [-0.2, 0) is 11.2 Å². The summed E-state index contributed by atoms with van der Waals surface area (Å²) in [5.74, 6) is 0.233. The van der Waals surface area contributed by atoms with E-state index in [1.165, 1.54) is 10.9 Å². The van der Waals surface area contributed by atoms with Crippen molar-refractivity contribution < 1.29 is 4.79 Å². The Morgan fingerprint density at radius 3 is 2.90 bits per heavy atom. The van der Waals surface area contributed by atoms with Gasteiger partial charge < -0.3 is 9.80 Å². The number of rotatable bonds is 5. The van der Waals surface area contributed by atoms with Crippen LogP contribution in [0.4, 0.5) is 5.69 Å². The Kier molecular flexibility index (Phi) is 5.95. The van der Waals surface area contributed by atoms with Crippen LogP contribution in [0.5, 0.6) is 0 Å². The van der Waals surface area contributed by atoms with Gasteiger partial charge in [0.1, 0.15) is 0 Å². The maximum absolute atomic E-state index is 12.8. The molecule has 3 heterocycles. The molecule has 29 heavy (non-hydrogen) atoms. The van der Waals surface area contributed by atoms with Gasteiger partial charge in [0.2, 0.25) is 5.91 Å². The summed E-state index contributed by atoms with van der Waals surface area (Å²) >= 11 is 6.28. The van der Waals surface area contributed by atoms with Crippen LogP contribution in [-0.4, -0.2) is 46.5 Å². The van der Waals surface area contributed by atoms with E-state index in [-0.39, 0.29) is 11.9 Å². The Balaban J connectivity index is 1.33. The second-order valence-corrected chi connectivity index (χ2v) is 7.96. The molecule has 1 aliphatic heterocycles. The summed E-state index contributed by atoms with van der Waals surface area (Å²) < 4.78 is 0. The minimum absolute atomic E-state index is 0.155. The van der Waals surface area contributed by atoms with Crippen molar-refractivity contribution in [3.63, 3.8) is 0 Å². The summed E-state index contributed by atoms with van der Waals surface area (Å²) in [6, 6.07) is 12.4. The molecule has 0 spiro atoms. The number of pyridine rings is 2. The highest BCUT2D eigenvalue weighted by atomic mass is 35.5. The lowest BCUT2D eigenvalue weighted by molar-refractivity contribution is -0.133. The van der Waals surface area contributed by atoms with Gasteiger partial charge in [-0.05, 0) is 43.5 Å². The zero-order valence-electron chi connectivity index (χ0n) is 16.6. The molecule has 0 unspecified atom stereocenters. The van der Waals surface area contributed by atoms with Crippen LogP contribution >= 0.6 is 11.6 Å². The van der Waals surface area contributed by atoms with Gasteiger partial charge in [0.05, 0.1) is 16.2 Å². The molecule has 0 radical (unpaired) electrons. The molecule has 1 aromatic carbocycles. The highest BCUT2D eigenvalue weighted by Crippen LogP contribution is 2.27. The first-order valence-electron chi connectivity index (χ1n) is 10.1. The third kappa shape index (κ3) is 4.35. The van der Waals surface area contributed by atoms with Crippen molar-refractivity contribution in [1.29, 1.82) is 0 Å². The van der Waals surface area contributed by atoms with Crippen molar-refractivity contribution in [2.24, 2.45) is 0 Å². The van der Waals surface area contributed by atoms with Gasteiger partial charge in [-0.2, -0.15) is 0 Å². The third-order valence-electron chi connectivity index (χ3n) is 5.61.